The summed E-state index contributed by atoms with van der Waals surface area (Å²) in [6.07, 6.45) is 3.26. The van der Waals surface area contributed by atoms with Gasteiger partial charge in [-0.3, -0.25) is 4.68 Å². The molecule has 0 atom stereocenters. The van der Waals surface area contributed by atoms with Crippen molar-refractivity contribution in [1.29, 1.82) is 0 Å². The fraction of sp³-hybridized carbons (Fsp3) is 0.318. The molecule has 34 heavy (non-hydrogen) atoms. The van der Waals surface area contributed by atoms with Crippen LogP contribution in [0.15, 0.2) is 52.0 Å². The molecule has 1 aliphatic rings. The number of benzene rings is 2. The maximum Gasteiger partial charge on any atom is 0.269 e. The van der Waals surface area contributed by atoms with Crippen molar-refractivity contribution in [3.8, 4) is 11.3 Å². The molecule has 0 radical (unpaired) electrons. The summed E-state index contributed by atoms with van der Waals surface area (Å²) < 4.78 is 83.4. The van der Waals surface area contributed by atoms with Crippen LogP contribution in [-0.4, -0.2) is 45.3 Å². The molecule has 0 saturated carbocycles. The van der Waals surface area contributed by atoms with Crippen LogP contribution in [0.1, 0.15) is 18.9 Å². The van der Waals surface area contributed by atoms with Gasteiger partial charge < -0.3 is 9.47 Å². The summed E-state index contributed by atoms with van der Waals surface area (Å²) in [5.41, 5.74) is -0.0840. The summed E-state index contributed by atoms with van der Waals surface area (Å²) in [5, 5.41) is 4.52. The first-order valence-electron chi connectivity index (χ1n) is 10.3. The third-order valence-corrected chi connectivity index (χ3v) is 7.79. The minimum Gasteiger partial charge on any atom is -0.381 e. The fourth-order valence-electron chi connectivity index (χ4n) is 3.76. The van der Waals surface area contributed by atoms with E-state index in [1.54, 1.807) is 10.9 Å². The van der Waals surface area contributed by atoms with E-state index >= 15 is 4.39 Å². The Kier molecular flexibility index (Phi) is 7.31. The third-order valence-electron chi connectivity index (χ3n) is 5.46. The lowest BCUT2D eigenvalue weighted by Gasteiger charge is -2.25. The van der Waals surface area contributed by atoms with E-state index in [9.17, 15) is 17.2 Å². The van der Waals surface area contributed by atoms with Crippen LogP contribution in [0, 0.1) is 17.5 Å². The molecular formula is C22H21BrF3N3O4S. The van der Waals surface area contributed by atoms with E-state index in [0.29, 0.717) is 34.1 Å². The summed E-state index contributed by atoms with van der Waals surface area (Å²) in [6, 6.07) is 6.25. The second kappa shape index (κ2) is 10.1. The number of aromatic nitrogens is 2. The molecule has 12 heteroatoms. The zero-order valence-corrected chi connectivity index (χ0v) is 20.5. The monoisotopic (exact) mass is 559 g/mol. The first-order valence-corrected chi connectivity index (χ1v) is 12.6. The van der Waals surface area contributed by atoms with Crippen molar-refractivity contribution < 1.29 is 31.1 Å². The predicted molar refractivity (Wildman–Crippen MR) is 122 cm³/mol. The van der Waals surface area contributed by atoms with E-state index in [4.69, 9.17) is 9.47 Å². The van der Waals surface area contributed by atoms with Crippen LogP contribution in [0.5, 0.6) is 0 Å². The lowest BCUT2D eigenvalue weighted by atomic mass is 10.1. The normalized spacial score (nSPS) is 15.0. The Morgan fingerprint density at radius 3 is 2.65 bits per heavy atom. The summed E-state index contributed by atoms with van der Waals surface area (Å²) in [5.74, 6) is -3.02. The van der Waals surface area contributed by atoms with Gasteiger partial charge in [0, 0.05) is 32.1 Å². The smallest absolute Gasteiger partial charge is 0.269 e. The molecule has 1 aliphatic heterocycles. The summed E-state index contributed by atoms with van der Waals surface area (Å²) >= 11 is 3.41. The van der Waals surface area contributed by atoms with Gasteiger partial charge in [-0.2, -0.15) is 5.10 Å². The molecule has 1 aromatic heterocycles. The van der Waals surface area contributed by atoms with E-state index in [1.807, 2.05) is 0 Å². The Hall–Kier alpha value is -2.41. The van der Waals surface area contributed by atoms with Crippen LogP contribution in [-0.2, 0) is 19.5 Å². The predicted octanol–water partition coefficient (Wildman–Crippen LogP) is 4.88. The number of anilines is 1. The number of methoxy groups -OCH3 is 1. The topological polar surface area (TPSA) is 73.7 Å². The van der Waals surface area contributed by atoms with Crippen molar-refractivity contribution in [1.82, 2.24) is 9.78 Å². The van der Waals surface area contributed by atoms with Gasteiger partial charge in [0.1, 0.15) is 29.0 Å². The van der Waals surface area contributed by atoms with Crippen LogP contribution >= 0.6 is 15.9 Å². The van der Waals surface area contributed by atoms with E-state index in [2.05, 4.69) is 21.0 Å². The van der Waals surface area contributed by atoms with Gasteiger partial charge in [-0.15, -0.1) is 0 Å². The summed E-state index contributed by atoms with van der Waals surface area (Å²) in [6.45, 7) is 0.569. The SMILES string of the molecule is COCN(c1cccc(-c2nn(C3CCOCC3)cc2Br)c1F)S(=O)(=O)c1cc(F)ccc1F. The first-order chi connectivity index (χ1) is 16.2. The average Bonchev–Trinajstić information content (AvgIpc) is 3.21. The van der Waals surface area contributed by atoms with E-state index in [0.717, 1.165) is 18.9 Å². The highest BCUT2D eigenvalue weighted by molar-refractivity contribution is 9.10. The number of ether oxygens (including phenoxy) is 2. The van der Waals surface area contributed by atoms with Gasteiger partial charge in [-0.05, 0) is 59.1 Å². The number of nitrogens with zero attached hydrogens (tertiary/aromatic N) is 3. The van der Waals surface area contributed by atoms with Crippen LogP contribution in [0.3, 0.4) is 0 Å². The molecule has 7 nitrogen and oxygen atoms in total. The minimum absolute atomic E-state index is 0.0335. The molecule has 3 aromatic rings. The highest BCUT2D eigenvalue weighted by Crippen LogP contribution is 2.36. The number of hydrogen-bond acceptors (Lipinski definition) is 5. The number of rotatable bonds is 7. The Labute approximate surface area is 203 Å². The molecule has 0 amide bonds. The standard InChI is InChI=1S/C22H21BrF3N3O4S/c1-32-13-29(34(30,31)20-11-14(24)5-6-18(20)25)19-4-2-3-16(21(19)26)22-17(23)12-28(27-22)15-7-9-33-10-8-15/h2-6,11-12,15H,7-10,13H2,1H3. The minimum atomic E-state index is -4.71. The van der Waals surface area contributed by atoms with Crippen molar-refractivity contribution in [3.05, 3.63) is 64.5 Å². The maximum absolute atomic E-state index is 15.8. The third kappa shape index (κ3) is 4.72. The molecule has 0 spiro atoms. The highest BCUT2D eigenvalue weighted by atomic mass is 79.9. The van der Waals surface area contributed by atoms with Gasteiger partial charge in [-0.25, -0.2) is 25.9 Å². The molecule has 2 heterocycles. The molecule has 2 aromatic carbocycles. The van der Waals surface area contributed by atoms with E-state index in [1.165, 1.54) is 25.3 Å². The second-order valence-corrected chi connectivity index (χ2v) is 10.3. The summed E-state index contributed by atoms with van der Waals surface area (Å²) in [4.78, 5) is -0.931. The lowest BCUT2D eigenvalue weighted by Crippen LogP contribution is -2.34. The second-order valence-electron chi connectivity index (χ2n) is 7.63. The van der Waals surface area contributed by atoms with E-state index in [-0.39, 0.29) is 17.3 Å². The number of hydrogen-bond donors (Lipinski definition) is 0. The molecule has 182 valence electrons. The van der Waals surface area contributed by atoms with Crippen LogP contribution in [0.4, 0.5) is 18.9 Å². The van der Waals surface area contributed by atoms with Crippen LogP contribution in [0.2, 0.25) is 0 Å². The van der Waals surface area contributed by atoms with Crippen molar-refractivity contribution in [3.63, 3.8) is 0 Å². The largest absolute Gasteiger partial charge is 0.381 e. The Bertz CT molecular complexity index is 1300. The zero-order valence-electron chi connectivity index (χ0n) is 18.0. The fourth-order valence-corrected chi connectivity index (χ4v) is 5.72. The first kappa shape index (κ1) is 24.7. The quantitative estimate of drug-likeness (QED) is 0.386. The van der Waals surface area contributed by atoms with Gasteiger partial charge in [-0.1, -0.05) is 6.07 Å². The molecule has 4 rings (SSSR count). The summed E-state index contributed by atoms with van der Waals surface area (Å²) in [7, 11) is -3.50. The zero-order chi connectivity index (χ0) is 24.5. The maximum atomic E-state index is 15.8. The van der Waals surface area contributed by atoms with Crippen molar-refractivity contribution in [2.24, 2.45) is 0 Å². The molecule has 0 bridgehead atoms. The highest BCUT2D eigenvalue weighted by Gasteiger charge is 2.32. The van der Waals surface area contributed by atoms with Gasteiger partial charge in [0.25, 0.3) is 10.0 Å². The number of halogens is 4. The molecular weight excluding hydrogens is 539 g/mol. The van der Waals surface area contributed by atoms with Gasteiger partial charge in [0.2, 0.25) is 0 Å². The van der Waals surface area contributed by atoms with Crippen molar-refractivity contribution in [2.75, 3.05) is 31.4 Å². The average molecular weight is 560 g/mol. The molecule has 0 N–H and O–H groups in total. The van der Waals surface area contributed by atoms with Gasteiger partial charge >= 0.3 is 0 Å². The molecule has 1 fully saturated rings. The Morgan fingerprint density at radius 2 is 1.94 bits per heavy atom. The van der Waals surface area contributed by atoms with Crippen molar-refractivity contribution >= 4 is 31.6 Å². The van der Waals surface area contributed by atoms with Gasteiger partial charge in [0.15, 0.2) is 5.82 Å². The Morgan fingerprint density at radius 1 is 1.21 bits per heavy atom. The molecule has 1 saturated heterocycles. The van der Waals surface area contributed by atoms with Crippen LogP contribution in [0.25, 0.3) is 11.3 Å². The molecule has 0 unspecified atom stereocenters. The van der Waals surface area contributed by atoms with Crippen molar-refractivity contribution in [2.45, 2.75) is 23.8 Å². The molecule has 0 aliphatic carbocycles. The van der Waals surface area contributed by atoms with E-state index < -0.39 is 44.8 Å². The lowest BCUT2D eigenvalue weighted by molar-refractivity contribution is 0.0663. The van der Waals surface area contributed by atoms with Crippen LogP contribution < -0.4 is 4.31 Å². The Balaban J connectivity index is 1.78. The van der Waals surface area contributed by atoms with Gasteiger partial charge in [0.05, 0.1) is 16.2 Å². The number of sulfonamides is 1.